The molecule has 3 aliphatic rings. The Kier molecular flexibility index (Phi) is 5.22. The summed E-state index contributed by atoms with van der Waals surface area (Å²) < 4.78 is 17.8. The lowest BCUT2D eigenvalue weighted by Gasteiger charge is -2.31. The first-order valence-corrected chi connectivity index (χ1v) is 9.52. The average molecular weight is 345 g/mol. The summed E-state index contributed by atoms with van der Waals surface area (Å²) >= 11 is 0. The van der Waals surface area contributed by atoms with Crippen LogP contribution in [0.25, 0.3) is 0 Å². The molecule has 2 bridgehead atoms. The number of fused-ring (bicyclic) bond motifs is 2. The summed E-state index contributed by atoms with van der Waals surface area (Å²) in [5.74, 6) is 1.68. The van der Waals surface area contributed by atoms with Gasteiger partial charge in [-0.3, -0.25) is 4.79 Å². The van der Waals surface area contributed by atoms with Crippen LogP contribution >= 0.6 is 0 Å². The number of benzene rings is 1. The Morgan fingerprint density at radius 1 is 1.16 bits per heavy atom. The molecule has 1 heterocycles. The number of carbonyl (C=O) groups is 1. The van der Waals surface area contributed by atoms with Crippen molar-refractivity contribution in [3.8, 4) is 5.75 Å². The zero-order valence-corrected chi connectivity index (χ0v) is 14.6. The van der Waals surface area contributed by atoms with Gasteiger partial charge in [0, 0.05) is 13.2 Å². The molecule has 25 heavy (non-hydrogen) atoms. The molecule has 3 unspecified atom stereocenters. The molecular formula is C20H27NO4. The summed E-state index contributed by atoms with van der Waals surface area (Å²) in [4.78, 5) is 14.7. The van der Waals surface area contributed by atoms with Crippen LogP contribution in [0.3, 0.4) is 0 Å². The molecule has 5 heteroatoms. The Labute approximate surface area is 149 Å². The molecule has 0 N–H and O–H groups in total. The molecule has 1 aliphatic heterocycles. The van der Waals surface area contributed by atoms with Crippen LogP contribution in [0.4, 0.5) is 0 Å². The number of hydrogen-bond acceptors (Lipinski definition) is 4. The van der Waals surface area contributed by atoms with Crippen molar-refractivity contribution in [3.05, 3.63) is 30.3 Å². The highest BCUT2D eigenvalue weighted by molar-refractivity contribution is 5.77. The summed E-state index contributed by atoms with van der Waals surface area (Å²) in [5.41, 5.74) is 0. The van der Waals surface area contributed by atoms with Gasteiger partial charge in [0.2, 0.25) is 5.91 Å². The molecule has 5 nitrogen and oxygen atoms in total. The number of rotatable bonds is 7. The number of ether oxygens (including phenoxy) is 3. The fraction of sp³-hybridized carbons (Fsp3) is 0.650. The van der Waals surface area contributed by atoms with Gasteiger partial charge in [-0.25, -0.2) is 0 Å². The van der Waals surface area contributed by atoms with E-state index in [0.717, 1.165) is 31.1 Å². The maximum absolute atomic E-state index is 12.8. The fourth-order valence-electron chi connectivity index (χ4n) is 3.87. The highest BCUT2D eigenvalue weighted by Gasteiger charge is 2.45. The smallest absolute Gasteiger partial charge is 0.226 e. The minimum absolute atomic E-state index is 0.0436. The van der Waals surface area contributed by atoms with E-state index in [9.17, 15) is 4.79 Å². The predicted molar refractivity (Wildman–Crippen MR) is 93.5 cm³/mol. The van der Waals surface area contributed by atoms with Crippen molar-refractivity contribution in [2.24, 2.45) is 5.92 Å². The first-order valence-electron chi connectivity index (χ1n) is 9.52. The molecule has 2 aliphatic carbocycles. The van der Waals surface area contributed by atoms with Crippen molar-refractivity contribution in [3.63, 3.8) is 0 Å². The Balaban J connectivity index is 1.32. The van der Waals surface area contributed by atoms with E-state index in [1.54, 1.807) is 0 Å². The van der Waals surface area contributed by atoms with Crippen LogP contribution in [0.2, 0.25) is 0 Å². The summed E-state index contributed by atoms with van der Waals surface area (Å²) in [6, 6.07) is 9.80. The normalized spacial score (nSPS) is 28.6. The van der Waals surface area contributed by atoms with Gasteiger partial charge < -0.3 is 19.1 Å². The van der Waals surface area contributed by atoms with Crippen molar-refractivity contribution >= 4 is 5.91 Å². The third kappa shape index (κ3) is 4.15. The van der Waals surface area contributed by atoms with Gasteiger partial charge >= 0.3 is 0 Å². The van der Waals surface area contributed by atoms with Gasteiger partial charge in [0.05, 0.1) is 31.8 Å². The number of hydrogen-bond donors (Lipinski definition) is 0. The Morgan fingerprint density at radius 3 is 2.80 bits per heavy atom. The second-order valence-corrected chi connectivity index (χ2v) is 7.29. The minimum atomic E-state index is 0.0436. The van der Waals surface area contributed by atoms with Gasteiger partial charge in [-0.15, -0.1) is 0 Å². The second kappa shape index (κ2) is 7.75. The number of carbonyl (C=O) groups excluding carboxylic acids is 1. The summed E-state index contributed by atoms with van der Waals surface area (Å²) in [5, 5.41) is 0. The third-order valence-electron chi connectivity index (χ3n) is 5.43. The lowest BCUT2D eigenvalue weighted by atomic mass is 10.1. The number of amides is 1. The van der Waals surface area contributed by atoms with Gasteiger partial charge in [-0.1, -0.05) is 18.2 Å². The molecule has 3 fully saturated rings. The van der Waals surface area contributed by atoms with Gasteiger partial charge in [0.15, 0.2) is 0 Å². The molecule has 0 radical (unpaired) electrons. The molecule has 136 valence electrons. The summed E-state index contributed by atoms with van der Waals surface area (Å²) in [6.45, 7) is 2.49. The molecule has 1 aromatic rings. The molecule has 3 atom stereocenters. The average Bonchev–Trinajstić information content (AvgIpc) is 3.38. The highest BCUT2D eigenvalue weighted by Crippen LogP contribution is 2.35. The lowest BCUT2D eigenvalue weighted by molar-refractivity contribution is -0.136. The zero-order valence-electron chi connectivity index (χ0n) is 14.6. The number of para-hydroxylation sites is 1. The van der Waals surface area contributed by atoms with Crippen molar-refractivity contribution in [2.75, 3.05) is 26.4 Å². The molecule has 1 saturated heterocycles. The second-order valence-electron chi connectivity index (χ2n) is 7.29. The third-order valence-corrected chi connectivity index (χ3v) is 5.43. The quantitative estimate of drug-likeness (QED) is 0.762. The van der Waals surface area contributed by atoms with Crippen molar-refractivity contribution < 1.29 is 19.0 Å². The van der Waals surface area contributed by atoms with Crippen LogP contribution in [0.15, 0.2) is 30.3 Å². The molecular weight excluding hydrogens is 318 g/mol. The van der Waals surface area contributed by atoms with E-state index in [2.05, 4.69) is 0 Å². The molecule has 1 amide bonds. The van der Waals surface area contributed by atoms with Crippen molar-refractivity contribution in [1.29, 1.82) is 0 Å². The van der Waals surface area contributed by atoms with Gasteiger partial charge in [0.25, 0.3) is 0 Å². The lowest BCUT2D eigenvalue weighted by Crippen LogP contribution is -2.47. The standard InChI is InChI=1S/C20H27NO4/c22-19(10-12-23-16-4-2-1-3-5-16)21-11-13-24-18-9-8-17(21)20(18)25-14-15-6-7-15/h1-5,15,17-18,20H,6-14H2. The Bertz CT molecular complexity index is 574. The molecule has 2 saturated carbocycles. The van der Waals surface area contributed by atoms with E-state index in [4.69, 9.17) is 14.2 Å². The van der Waals surface area contributed by atoms with E-state index < -0.39 is 0 Å². The first kappa shape index (κ1) is 16.9. The summed E-state index contributed by atoms with van der Waals surface area (Å²) in [6.07, 6.45) is 5.12. The minimum Gasteiger partial charge on any atom is -0.493 e. The van der Waals surface area contributed by atoms with Crippen LogP contribution < -0.4 is 4.74 Å². The van der Waals surface area contributed by atoms with Crippen LogP contribution in [-0.4, -0.2) is 55.4 Å². The van der Waals surface area contributed by atoms with Crippen LogP contribution in [0.5, 0.6) is 5.75 Å². The van der Waals surface area contributed by atoms with Gasteiger partial charge in [-0.05, 0) is 43.7 Å². The monoisotopic (exact) mass is 345 g/mol. The van der Waals surface area contributed by atoms with Crippen LogP contribution in [0, 0.1) is 5.92 Å². The molecule has 1 aromatic carbocycles. The SMILES string of the molecule is O=C(CCOc1ccccc1)N1CCOC2CCC1C2OCC1CC1. The first-order chi connectivity index (χ1) is 12.3. The zero-order chi connectivity index (χ0) is 17.1. The summed E-state index contributed by atoms with van der Waals surface area (Å²) in [7, 11) is 0. The van der Waals surface area contributed by atoms with E-state index in [1.165, 1.54) is 12.8 Å². The topological polar surface area (TPSA) is 48.0 Å². The largest absolute Gasteiger partial charge is 0.493 e. The fourth-order valence-corrected chi connectivity index (χ4v) is 3.87. The maximum Gasteiger partial charge on any atom is 0.226 e. The van der Waals surface area contributed by atoms with Crippen LogP contribution in [-0.2, 0) is 14.3 Å². The van der Waals surface area contributed by atoms with Crippen molar-refractivity contribution in [1.82, 2.24) is 4.90 Å². The number of nitrogens with zero attached hydrogens (tertiary/aromatic N) is 1. The van der Waals surface area contributed by atoms with Crippen LogP contribution in [0.1, 0.15) is 32.1 Å². The predicted octanol–water partition coefficient (Wildman–Crippen LogP) is 2.64. The van der Waals surface area contributed by atoms with Crippen molar-refractivity contribution in [2.45, 2.75) is 50.4 Å². The van der Waals surface area contributed by atoms with E-state index in [-0.39, 0.29) is 24.2 Å². The molecule has 4 rings (SSSR count). The van der Waals surface area contributed by atoms with Gasteiger partial charge in [0.1, 0.15) is 11.9 Å². The highest BCUT2D eigenvalue weighted by atomic mass is 16.5. The van der Waals surface area contributed by atoms with E-state index in [1.807, 2.05) is 35.2 Å². The Hall–Kier alpha value is -1.59. The van der Waals surface area contributed by atoms with E-state index >= 15 is 0 Å². The van der Waals surface area contributed by atoms with Gasteiger partial charge in [-0.2, -0.15) is 0 Å². The molecule has 0 spiro atoms. The Morgan fingerprint density at radius 2 is 2.00 bits per heavy atom. The maximum atomic E-state index is 12.8. The van der Waals surface area contributed by atoms with E-state index in [0.29, 0.717) is 26.2 Å². The molecule has 0 aromatic heterocycles.